The predicted molar refractivity (Wildman–Crippen MR) is 86.9 cm³/mol. The molecule has 7 nitrogen and oxygen atoms in total. The summed E-state index contributed by atoms with van der Waals surface area (Å²) in [4.78, 5) is 25.2. The molecular formula is C17H18N4O3. The molecule has 0 radical (unpaired) electrons. The van der Waals surface area contributed by atoms with Crippen LogP contribution in [0.15, 0.2) is 42.7 Å². The van der Waals surface area contributed by atoms with Crippen molar-refractivity contribution in [3.8, 4) is 5.75 Å². The number of hydrogen-bond acceptors (Lipinski definition) is 6. The fourth-order valence-electron chi connectivity index (χ4n) is 3.36. The second-order valence-corrected chi connectivity index (χ2v) is 5.98. The van der Waals surface area contributed by atoms with Crippen molar-refractivity contribution in [1.29, 1.82) is 0 Å². The molecule has 124 valence electrons. The zero-order valence-corrected chi connectivity index (χ0v) is 13.1. The minimum absolute atomic E-state index is 0.0439. The van der Waals surface area contributed by atoms with E-state index in [2.05, 4.69) is 14.9 Å². The molecule has 1 aromatic heterocycles. The third-order valence-electron chi connectivity index (χ3n) is 4.49. The standard InChI is InChI=1S/C17H18N4O3/c22-13-4-1-3-12(9-13)16(23)20-10-14-15(11-20)24-8-7-21(14)17-18-5-2-6-19-17/h1-6,9,14-15,22H,7-8,10-11H2/t14-,15+/m1/s1. The second-order valence-electron chi connectivity index (χ2n) is 5.98. The van der Waals surface area contributed by atoms with Gasteiger partial charge in [-0.3, -0.25) is 4.79 Å². The van der Waals surface area contributed by atoms with Crippen molar-refractivity contribution in [2.24, 2.45) is 0 Å². The Morgan fingerprint density at radius 2 is 2.04 bits per heavy atom. The highest BCUT2D eigenvalue weighted by Gasteiger charge is 2.42. The first-order chi connectivity index (χ1) is 11.7. The van der Waals surface area contributed by atoms with Gasteiger partial charge in [-0.2, -0.15) is 0 Å². The van der Waals surface area contributed by atoms with E-state index in [9.17, 15) is 9.90 Å². The van der Waals surface area contributed by atoms with Crippen molar-refractivity contribution in [2.75, 3.05) is 31.1 Å². The molecule has 0 aliphatic carbocycles. The highest BCUT2D eigenvalue weighted by Crippen LogP contribution is 2.27. The third-order valence-corrected chi connectivity index (χ3v) is 4.49. The van der Waals surface area contributed by atoms with Gasteiger partial charge in [0.1, 0.15) is 5.75 Å². The van der Waals surface area contributed by atoms with Gasteiger partial charge in [0.2, 0.25) is 5.95 Å². The van der Waals surface area contributed by atoms with Crippen molar-refractivity contribution < 1.29 is 14.6 Å². The van der Waals surface area contributed by atoms with E-state index < -0.39 is 0 Å². The molecule has 4 rings (SSSR count). The monoisotopic (exact) mass is 326 g/mol. The van der Waals surface area contributed by atoms with Gasteiger partial charge in [-0.1, -0.05) is 6.07 Å². The van der Waals surface area contributed by atoms with Crippen LogP contribution in [0.1, 0.15) is 10.4 Å². The van der Waals surface area contributed by atoms with Crippen molar-refractivity contribution in [3.05, 3.63) is 48.3 Å². The van der Waals surface area contributed by atoms with Gasteiger partial charge in [-0.05, 0) is 24.3 Å². The number of nitrogens with zero attached hydrogens (tertiary/aromatic N) is 4. The first-order valence-electron chi connectivity index (χ1n) is 7.96. The van der Waals surface area contributed by atoms with Crippen molar-refractivity contribution >= 4 is 11.9 Å². The summed E-state index contributed by atoms with van der Waals surface area (Å²) in [5.41, 5.74) is 0.483. The average molecular weight is 326 g/mol. The number of benzene rings is 1. The fourth-order valence-corrected chi connectivity index (χ4v) is 3.36. The third kappa shape index (κ3) is 2.67. The molecular weight excluding hydrogens is 308 g/mol. The molecule has 2 aliphatic rings. The van der Waals surface area contributed by atoms with E-state index in [0.717, 1.165) is 0 Å². The number of aromatic hydroxyl groups is 1. The lowest BCUT2D eigenvalue weighted by atomic mass is 10.1. The van der Waals surface area contributed by atoms with Gasteiger partial charge >= 0.3 is 0 Å². The van der Waals surface area contributed by atoms with Gasteiger partial charge < -0.3 is 19.6 Å². The van der Waals surface area contributed by atoms with Crippen LogP contribution >= 0.6 is 0 Å². The summed E-state index contributed by atoms with van der Waals surface area (Å²) in [6.07, 6.45) is 3.39. The highest BCUT2D eigenvalue weighted by molar-refractivity contribution is 5.95. The maximum Gasteiger partial charge on any atom is 0.254 e. The number of phenols is 1. The fraction of sp³-hybridized carbons (Fsp3) is 0.353. The minimum Gasteiger partial charge on any atom is -0.508 e. The van der Waals surface area contributed by atoms with Gasteiger partial charge in [0.25, 0.3) is 5.91 Å². The number of carbonyl (C=O) groups excluding carboxylic acids is 1. The van der Waals surface area contributed by atoms with Crippen LogP contribution < -0.4 is 4.90 Å². The summed E-state index contributed by atoms with van der Waals surface area (Å²) in [6, 6.07) is 8.26. The minimum atomic E-state index is -0.0992. The van der Waals surface area contributed by atoms with E-state index in [4.69, 9.17) is 4.74 Å². The molecule has 3 heterocycles. The number of amides is 1. The number of anilines is 1. The van der Waals surface area contributed by atoms with E-state index in [1.165, 1.54) is 6.07 Å². The maximum atomic E-state index is 12.7. The summed E-state index contributed by atoms with van der Waals surface area (Å²) in [6.45, 7) is 2.38. The molecule has 0 bridgehead atoms. The van der Waals surface area contributed by atoms with E-state index in [-0.39, 0.29) is 23.8 Å². The Bertz CT molecular complexity index is 740. The van der Waals surface area contributed by atoms with Crippen LogP contribution in [0.3, 0.4) is 0 Å². The first kappa shape index (κ1) is 14.9. The lowest BCUT2D eigenvalue weighted by Crippen LogP contribution is -2.51. The maximum absolute atomic E-state index is 12.7. The van der Waals surface area contributed by atoms with Crippen LogP contribution in [0, 0.1) is 0 Å². The SMILES string of the molecule is O=C(c1cccc(O)c1)N1C[C@@H]2OCCN(c3ncccn3)[C@@H]2C1. The van der Waals surface area contributed by atoms with Gasteiger partial charge in [-0.25, -0.2) is 9.97 Å². The average Bonchev–Trinajstić information content (AvgIpc) is 3.06. The van der Waals surface area contributed by atoms with Crippen molar-refractivity contribution in [2.45, 2.75) is 12.1 Å². The molecule has 0 saturated carbocycles. The molecule has 2 fully saturated rings. The number of rotatable bonds is 2. The van der Waals surface area contributed by atoms with E-state index in [1.807, 2.05) is 0 Å². The van der Waals surface area contributed by atoms with E-state index in [1.54, 1.807) is 41.6 Å². The number of fused-ring (bicyclic) bond motifs is 1. The molecule has 2 atom stereocenters. The highest BCUT2D eigenvalue weighted by atomic mass is 16.5. The van der Waals surface area contributed by atoms with E-state index in [0.29, 0.717) is 37.8 Å². The Morgan fingerprint density at radius 1 is 1.21 bits per heavy atom. The zero-order chi connectivity index (χ0) is 16.5. The zero-order valence-electron chi connectivity index (χ0n) is 13.1. The number of morpholine rings is 1. The first-order valence-corrected chi connectivity index (χ1v) is 7.96. The Kier molecular flexibility index (Phi) is 3.78. The second kappa shape index (κ2) is 6.09. The summed E-state index contributed by atoms with van der Waals surface area (Å²) < 4.78 is 5.85. The molecule has 1 N–H and O–H groups in total. The topological polar surface area (TPSA) is 78.8 Å². The lowest BCUT2D eigenvalue weighted by molar-refractivity contribution is 0.0296. The molecule has 0 unspecified atom stereocenters. The smallest absolute Gasteiger partial charge is 0.254 e. The molecule has 2 aromatic rings. The summed E-state index contributed by atoms with van der Waals surface area (Å²) in [7, 11) is 0. The Morgan fingerprint density at radius 3 is 2.83 bits per heavy atom. The number of aromatic nitrogens is 2. The van der Waals surface area contributed by atoms with Crippen LogP contribution in [0.2, 0.25) is 0 Å². The molecule has 7 heteroatoms. The van der Waals surface area contributed by atoms with Crippen LogP contribution in [0.4, 0.5) is 5.95 Å². The van der Waals surface area contributed by atoms with Crippen LogP contribution in [0.25, 0.3) is 0 Å². The molecule has 2 aliphatic heterocycles. The summed E-state index contributed by atoms with van der Waals surface area (Å²) in [5, 5.41) is 9.58. The van der Waals surface area contributed by atoms with Crippen molar-refractivity contribution in [1.82, 2.24) is 14.9 Å². The van der Waals surface area contributed by atoms with Crippen LogP contribution in [0.5, 0.6) is 5.75 Å². The Hall–Kier alpha value is -2.67. The Labute approximate surface area is 139 Å². The summed E-state index contributed by atoms with van der Waals surface area (Å²) in [5.74, 6) is 0.660. The number of ether oxygens (including phenoxy) is 1. The summed E-state index contributed by atoms with van der Waals surface area (Å²) >= 11 is 0. The predicted octanol–water partition coefficient (Wildman–Crippen LogP) is 0.912. The molecule has 0 spiro atoms. The quantitative estimate of drug-likeness (QED) is 0.884. The van der Waals surface area contributed by atoms with Gasteiger partial charge in [-0.15, -0.1) is 0 Å². The largest absolute Gasteiger partial charge is 0.508 e. The van der Waals surface area contributed by atoms with Gasteiger partial charge in [0.05, 0.1) is 18.8 Å². The molecule has 2 saturated heterocycles. The number of phenolic OH excluding ortho intramolecular Hbond substituents is 1. The lowest BCUT2D eigenvalue weighted by Gasteiger charge is -2.36. The van der Waals surface area contributed by atoms with Crippen LogP contribution in [-0.2, 0) is 4.74 Å². The Balaban J connectivity index is 1.55. The van der Waals surface area contributed by atoms with Crippen molar-refractivity contribution in [3.63, 3.8) is 0 Å². The normalized spacial score (nSPS) is 23.2. The molecule has 1 aromatic carbocycles. The molecule has 24 heavy (non-hydrogen) atoms. The van der Waals surface area contributed by atoms with E-state index >= 15 is 0 Å². The number of carbonyl (C=O) groups is 1. The van der Waals surface area contributed by atoms with Gasteiger partial charge in [0.15, 0.2) is 0 Å². The van der Waals surface area contributed by atoms with Crippen LogP contribution in [-0.4, -0.2) is 64.3 Å². The van der Waals surface area contributed by atoms with Gasteiger partial charge in [0, 0.05) is 37.6 Å². The molecule has 1 amide bonds. The number of hydrogen-bond donors (Lipinski definition) is 1. The number of likely N-dealkylation sites (tertiary alicyclic amines) is 1.